The van der Waals surface area contributed by atoms with E-state index in [1.165, 1.54) is 19.2 Å². The molecule has 0 saturated heterocycles. The molecule has 1 aromatic rings. The maximum absolute atomic E-state index is 12.9. The highest BCUT2D eigenvalue weighted by Gasteiger charge is 2.05. The fourth-order valence-corrected chi connectivity index (χ4v) is 1.19. The molecule has 0 fully saturated rings. The predicted octanol–water partition coefficient (Wildman–Crippen LogP) is 1.74. The molecule has 0 aromatic heterocycles. The SMILES string of the molecule is COC(=O)CCc1ccc(F)c(C=O)c1. The molecule has 3 nitrogen and oxygen atoms in total. The van der Waals surface area contributed by atoms with Crippen molar-refractivity contribution in [1.29, 1.82) is 0 Å². The van der Waals surface area contributed by atoms with Gasteiger partial charge >= 0.3 is 5.97 Å². The molecular formula is C11H11FO3. The van der Waals surface area contributed by atoms with E-state index in [-0.39, 0.29) is 18.0 Å². The van der Waals surface area contributed by atoms with Crippen LogP contribution in [0.4, 0.5) is 4.39 Å². The summed E-state index contributed by atoms with van der Waals surface area (Å²) in [6.45, 7) is 0. The van der Waals surface area contributed by atoms with Gasteiger partial charge in [0.2, 0.25) is 0 Å². The summed E-state index contributed by atoms with van der Waals surface area (Å²) in [6, 6.07) is 4.20. The second kappa shape index (κ2) is 5.24. The Hall–Kier alpha value is -1.71. The van der Waals surface area contributed by atoms with E-state index in [0.29, 0.717) is 12.7 Å². The minimum atomic E-state index is -0.549. The van der Waals surface area contributed by atoms with Crippen molar-refractivity contribution in [3.8, 4) is 0 Å². The van der Waals surface area contributed by atoms with Crippen molar-refractivity contribution in [2.75, 3.05) is 7.11 Å². The standard InChI is InChI=1S/C11H11FO3/c1-15-11(14)5-3-8-2-4-10(12)9(6-8)7-13/h2,4,6-7H,3,5H2,1H3. The summed E-state index contributed by atoms with van der Waals surface area (Å²) in [7, 11) is 1.31. The fourth-order valence-electron chi connectivity index (χ4n) is 1.19. The molecule has 0 saturated carbocycles. The maximum Gasteiger partial charge on any atom is 0.305 e. The number of hydrogen-bond donors (Lipinski definition) is 0. The summed E-state index contributed by atoms with van der Waals surface area (Å²) in [5.74, 6) is -0.876. The van der Waals surface area contributed by atoms with Gasteiger partial charge in [-0.15, -0.1) is 0 Å². The van der Waals surface area contributed by atoms with Crippen LogP contribution in [0.25, 0.3) is 0 Å². The third-order valence-electron chi connectivity index (χ3n) is 2.03. The maximum atomic E-state index is 12.9. The van der Waals surface area contributed by atoms with E-state index in [2.05, 4.69) is 4.74 Å². The Labute approximate surface area is 86.9 Å². The van der Waals surface area contributed by atoms with E-state index < -0.39 is 5.82 Å². The lowest BCUT2D eigenvalue weighted by molar-refractivity contribution is -0.140. The normalized spacial score (nSPS) is 9.73. The molecule has 0 N–H and O–H groups in total. The van der Waals surface area contributed by atoms with Gasteiger partial charge in [0.25, 0.3) is 0 Å². The van der Waals surface area contributed by atoms with E-state index in [9.17, 15) is 14.0 Å². The van der Waals surface area contributed by atoms with Crippen LogP contribution >= 0.6 is 0 Å². The Balaban J connectivity index is 2.70. The first-order chi connectivity index (χ1) is 7.17. The number of esters is 1. The van der Waals surface area contributed by atoms with Crippen LogP contribution in [0.3, 0.4) is 0 Å². The van der Waals surface area contributed by atoms with Crippen molar-refractivity contribution in [1.82, 2.24) is 0 Å². The number of hydrogen-bond acceptors (Lipinski definition) is 3. The van der Waals surface area contributed by atoms with Gasteiger partial charge in [-0.1, -0.05) is 6.07 Å². The molecule has 0 aliphatic rings. The summed E-state index contributed by atoms with van der Waals surface area (Å²) < 4.78 is 17.4. The van der Waals surface area contributed by atoms with Crippen molar-refractivity contribution in [3.63, 3.8) is 0 Å². The van der Waals surface area contributed by atoms with E-state index in [1.807, 2.05) is 0 Å². The molecule has 0 radical (unpaired) electrons. The van der Waals surface area contributed by atoms with Gasteiger partial charge in [0.15, 0.2) is 6.29 Å². The van der Waals surface area contributed by atoms with E-state index in [1.54, 1.807) is 6.07 Å². The summed E-state index contributed by atoms with van der Waals surface area (Å²) >= 11 is 0. The number of ether oxygens (including phenoxy) is 1. The number of halogens is 1. The Morgan fingerprint density at radius 3 is 2.87 bits per heavy atom. The zero-order valence-electron chi connectivity index (χ0n) is 8.33. The minimum Gasteiger partial charge on any atom is -0.469 e. The first kappa shape index (κ1) is 11.4. The molecule has 0 heterocycles. The van der Waals surface area contributed by atoms with Crippen molar-refractivity contribution < 1.29 is 18.7 Å². The van der Waals surface area contributed by atoms with Crippen LogP contribution in [-0.4, -0.2) is 19.4 Å². The van der Waals surface area contributed by atoms with Gasteiger partial charge < -0.3 is 4.74 Å². The Bertz CT molecular complexity index is 374. The topological polar surface area (TPSA) is 43.4 Å². The molecule has 1 rings (SSSR count). The Morgan fingerprint density at radius 1 is 1.53 bits per heavy atom. The van der Waals surface area contributed by atoms with Crippen molar-refractivity contribution in [2.45, 2.75) is 12.8 Å². The second-order valence-electron chi connectivity index (χ2n) is 3.05. The number of aldehydes is 1. The average Bonchev–Trinajstić information content (AvgIpc) is 2.27. The van der Waals surface area contributed by atoms with Crippen LogP contribution in [0.2, 0.25) is 0 Å². The van der Waals surface area contributed by atoms with E-state index >= 15 is 0 Å². The van der Waals surface area contributed by atoms with Gasteiger partial charge in [0.05, 0.1) is 12.7 Å². The fraction of sp³-hybridized carbons (Fsp3) is 0.273. The first-order valence-electron chi connectivity index (χ1n) is 4.47. The highest BCUT2D eigenvalue weighted by Crippen LogP contribution is 2.10. The van der Waals surface area contributed by atoms with Crippen molar-refractivity contribution in [2.24, 2.45) is 0 Å². The van der Waals surface area contributed by atoms with Crippen LogP contribution in [0.15, 0.2) is 18.2 Å². The Kier molecular flexibility index (Phi) is 3.97. The predicted molar refractivity (Wildman–Crippen MR) is 52.1 cm³/mol. The molecule has 15 heavy (non-hydrogen) atoms. The third-order valence-corrected chi connectivity index (χ3v) is 2.03. The smallest absolute Gasteiger partial charge is 0.305 e. The summed E-state index contributed by atoms with van der Waals surface area (Å²) in [5, 5.41) is 0. The number of aryl methyl sites for hydroxylation is 1. The second-order valence-corrected chi connectivity index (χ2v) is 3.05. The minimum absolute atomic E-state index is 0.0114. The first-order valence-corrected chi connectivity index (χ1v) is 4.47. The monoisotopic (exact) mass is 210 g/mol. The van der Waals surface area contributed by atoms with Crippen LogP contribution in [0.5, 0.6) is 0 Å². The molecule has 0 atom stereocenters. The number of benzene rings is 1. The van der Waals surface area contributed by atoms with Gasteiger partial charge in [-0.2, -0.15) is 0 Å². The number of carbonyl (C=O) groups excluding carboxylic acids is 2. The van der Waals surface area contributed by atoms with Crippen LogP contribution in [-0.2, 0) is 16.0 Å². The Morgan fingerprint density at radius 2 is 2.27 bits per heavy atom. The van der Waals surface area contributed by atoms with Crippen molar-refractivity contribution in [3.05, 3.63) is 35.1 Å². The molecule has 80 valence electrons. The molecule has 0 bridgehead atoms. The quantitative estimate of drug-likeness (QED) is 0.561. The molecule has 0 spiro atoms. The van der Waals surface area contributed by atoms with Gasteiger partial charge in [-0.3, -0.25) is 9.59 Å². The van der Waals surface area contributed by atoms with Crippen LogP contribution < -0.4 is 0 Å². The lowest BCUT2D eigenvalue weighted by Gasteiger charge is -2.02. The molecule has 0 unspecified atom stereocenters. The summed E-state index contributed by atoms with van der Waals surface area (Å²) in [5.41, 5.74) is 0.751. The number of carbonyl (C=O) groups is 2. The van der Waals surface area contributed by atoms with E-state index in [4.69, 9.17) is 0 Å². The van der Waals surface area contributed by atoms with Gasteiger partial charge in [-0.25, -0.2) is 4.39 Å². The van der Waals surface area contributed by atoms with Gasteiger partial charge in [0, 0.05) is 6.42 Å². The van der Waals surface area contributed by atoms with Crippen molar-refractivity contribution >= 4 is 12.3 Å². The molecule has 0 aliphatic heterocycles. The summed E-state index contributed by atoms with van der Waals surface area (Å²) in [6.07, 6.45) is 1.12. The highest BCUT2D eigenvalue weighted by atomic mass is 19.1. The van der Waals surface area contributed by atoms with Crippen LogP contribution in [0, 0.1) is 5.82 Å². The van der Waals surface area contributed by atoms with Gasteiger partial charge in [0.1, 0.15) is 5.82 Å². The molecular weight excluding hydrogens is 199 g/mol. The molecule has 0 amide bonds. The number of methoxy groups -OCH3 is 1. The largest absolute Gasteiger partial charge is 0.469 e. The zero-order valence-corrected chi connectivity index (χ0v) is 8.33. The van der Waals surface area contributed by atoms with Crippen LogP contribution in [0.1, 0.15) is 22.3 Å². The lowest BCUT2D eigenvalue weighted by Crippen LogP contribution is -2.02. The summed E-state index contributed by atoms with van der Waals surface area (Å²) in [4.78, 5) is 21.3. The zero-order chi connectivity index (χ0) is 11.3. The number of rotatable bonds is 4. The van der Waals surface area contributed by atoms with Gasteiger partial charge in [-0.05, 0) is 24.1 Å². The molecule has 1 aromatic carbocycles. The van der Waals surface area contributed by atoms with E-state index in [0.717, 1.165) is 5.56 Å². The highest BCUT2D eigenvalue weighted by molar-refractivity contribution is 5.75. The average molecular weight is 210 g/mol. The molecule has 4 heteroatoms. The molecule has 0 aliphatic carbocycles. The lowest BCUT2D eigenvalue weighted by atomic mass is 10.1. The third kappa shape index (κ3) is 3.16.